The van der Waals surface area contributed by atoms with Gasteiger partial charge in [-0.3, -0.25) is 15.1 Å². The molecule has 33 heavy (non-hydrogen) atoms. The fourth-order valence-corrected chi connectivity index (χ4v) is 4.21. The van der Waals surface area contributed by atoms with Crippen molar-refractivity contribution >= 4 is 33.8 Å². The molecule has 0 saturated carbocycles. The van der Waals surface area contributed by atoms with Crippen molar-refractivity contribution in [3.05, 3.63) is 66.0 Å². The molecule has 1 aliphatic rings. The SMILES string of the molecule is CN1CCN(S(=O)(=O)NCCOC(=O)Nc2ccc(C(=O)C=Cc3ccccn3)cc2)CC1. The number of anilines is 1. The molecule has 0 atom stereocenters. The van der Waals surface area contributed by atoms with E-state index in [9.17, 15) is 18.0 Å². The van der Waals surface area contributed by atoms with E-state index < -0.39 is 16.3 Å². The van der Waals surface area contributed by atoms with E-state index in [0.717, 1.165) is 0 Å². The number of hydrogen-bond donors (Lipinski definition) is 2. The van der Waals surface area contributed by atoms with Gasteiger partial charge in [-0.2, -0.15) is 17.4 Å². The van der Waals surface area contributed by atoms with Crippen LogP contribution < -0.4 is 10.0 Å². The van der Waals surface area contributed by atoms with Crippen molar-refractivity contribution < 1.29 is 22.7 Å². The Labute approximate surface area is 193 Å². The van der Waals surface area contributed by atoms with Crippen molar-refractivity contribution in [2.75, 3.05) is 51.7 Å². The summed E-state index contributed by atoms with van der Waals surface area (Å²) in [5, 5.41) is 2.54. The molecule has 1 amide bonds. The number of carbonyl (C=O) groups is 2. The van der Waals surface area contributed by atoms with Crippen LogP contribution in [0.25, 0.3) is 6.08 Å². The maximum Gasteiger partial charge on any atom is 0.411 e. The Hall–Kier alpha value is -3.12. The van der Waals surface area contributed by atoms with Gasteiger partial charge in [-0.15, -0.1) is 0 Å². The van der Waals surface area contributed by atoms with Crippen LogP contribution in [-0.4, -0.2) is 80.9 Å². The molecule has 2 heterocycles. The molecule has 1 aliphatic heterocycles. The second kappa shape index (κ2) is 11.7. The highest BCUT2D eigenvalue weighted by atomic mass is 32.2. The maximum absolute atomic E-state index is 12.2. The largest absolute Gasteiger partial charge is 0.448 e. The topological polar surface area (TPSA) is 121 Å². The van der Waals surface area contributed by atoms with Gasteiger partial charge in [0.1, 0.15) is 6.61 Å². The number of likely N-dealkylation sites (N-methyl/N-ethyl adjacent to an activating group) is 1. The first kappa shape index (κ1) is 24.5. The number of aromatic nitrogens is 1. The van der Waals surface area contributed by atoms with Crippen LogP contribution in [0.1, 0.15) is 16.1 Å². The van der Waals surface area contributed by atoms with Gasteiger partial charge in [0.05, 0.1) is 5.69 Å². The van der Waals surface area contributed by atoms with Crippen LogP contribution in [0.3, 0.4) is 0 Å². The zero-order valence-corrected chi connectivity index (χ0v) is 19.1. The molecule has 11 heteroatoms. The zero-order valence-electron chi connectivity index (χ0n) is 18.3. The number of pyridine rings is 1. The van der Waals surface area contributed by atoms with Gasteiger partial charge < -0.3 is 9.64 Å². The van der Waals surface area contributed by atoms with Crippen LogP contribution >= 0.6 is 0 Å². The number of rotatable bonds is 9. The molecule has 0 spiro atoms. The monoisotopic (exact) mass is 473 g/mol. The van der Waals surface area contributed by atoms with Crippen LogP contribution in [0.5, 0.6) is 0 Å². The summed E-state index contributed by atoms with van der Waals surface area (Å²) in [6.07, 6.45) is 3.99. The lowest BCUT2D eigenvalue weighted by atomic mass is 10.1. The summed E-state index contributed by atoms with van der Waals surface area (Å²) in [6.45, 7) is 2.04. The number of ether oxygens (including phenoxy) is 1. The summed E-state index contributed by atoms with van der Waals surface area (Å²) in [7, 11) is -1.66. The molecule has 1 aromatic heterocycles. The van der Waals surface area contributed by atoms with Crippen molar-refractivity contribution in [2.24, 2.45) is 0 Å². The minimum atomic E-state index is -3.60. The van der Waals surface area contributed by atoms with Crippen LogP contribution in [0.4, 0.5) is 10.5 Å². The molecule has 2 aromatic rings. The average molecular weight is 474 g/mol. The number of ketones is 1. The van der Waals surface area contributed by atoms with Crippen molar-refractivity contribution in [3.63, 3.8) is 0 Å². The van der Waals surface area contributed by atoms with Crippen molar-refractivity contribution in [1.29, 1.82) is 0 Å². The fourth-order valence-electron chi connectivity index (χ4n) is 3.04. The molecule has 176 valence electrons. The Balaban J connectivity index is 1.39. The van der Waals surface area contributed by atoms with Gasteiger partial charge >= 0.3 is 6.09 Å². The van der Waals surface area contributed by atoms with Gasteiger partial charge in [-0.1, -0.05) is 6.07 Å². The molecule has 1 aromatic carbocycles. The van der Waals surface area contributed by atoms with Gasteiger partial charge in [-0.25, -0.2) is 4.79 Å². The predicted molar refractivity (Wildman–Crippen MR) is 125 cm³/mol. The fraction of sp³-hybridized carbons (Fsp3) is 0.318. The highest BCUT2D eigenvalue weighted by Gasteiger charge is 2.25. The van der Waals surface area contributed by atoms with E-state index in [1.54, 1.807) is 48.7 Å². The Morgan fingerprint density at radius 1 is 1.09 bits per heavy atom. The molecule has 1 fully saturated rings. The average Bonchev–Trinajstić information content (AvgIpc) is 2.82. The van der Waals surface area contributed by atoms with E-state index in [0.29, 0.717) is 43.1 Å². The summed E-state index contributed by atoms with van der Waals surface area (Å²) < 4.78 is 33.3. The molecule has 10 nitrogen and oxygen atoms in total. The Kier molecular flexibility index (Phi) is 8.66. The second-order valence-electron chi connectivity index (χ2n) is 7.39. The first-order valence-electron chi connectivity index (χ1n) is 10.4. The van der Waals surface area contributed by atoms with Gasteiger partial charge in [0.2, 0.25) is 0 Å². The van der Waals surface area contributed by atoms with Crippen LogP contribution in [0, 0.1) is 0 Å². The summed E-state index contributed by atoms with van der Waals surface area (Å²) in [4.78, 5) is 30.4. The summed E-state index contributed by atoms with van der Waals surface area (Å²) in [6, 6.07) is 11.8. The Bertz CT molecular complexity index is 1070. The minimum absolute atomic E-state index is 0.0296. The first-order valence-corrected chi connectivity index (χ1v) is 11.9. The highest BCUT2D eigenvalue weighted by molar-refractivity contribution is 7.87. The van der Waals surface area contributed by atoms with Crippen molar-refractivity contribution in [2.45, 2.75) is 0 Å². The molecular formula is C22H27N5O5S. The van der Waals surface area contributed by atoms with E-state index in [1.165, 1.54) is 10.4 Å². The number of allylic oxidation sites excluding steroid dienone is 1. The van der Waals surface area contributed by atoms with Crippen LogP contribution in [0.15, 0.2) is 54.7 Å². The van der Waals surface area contributed by atoms with E-state index in [2.05, 4.69) is 19.9 Å². The Morgan fingerprint density at radius 2 is 1.82 bits per heavy atom. The molecule has 1 saturated heterocycles. The molecule has 0 unspecified atom stereocenters. The smallest absolute Gasteiger partial charge is 0.411 e. The summed E-state index contributed by atoms with van der Waals surface area (Å²) >= 11 is 0. The molecule has 0 bridgehead atoms. The summed E-state index contributed by atoms with van der Waals surface area (Å²) in [5.74, 6) is -0.192. The minimum Gasteiger partial charge on any atom is -0.448 e. The number of carbonyl (C=O) groups excluding carboxylic acids is 2. The molecule has 0 aliphatic carbocycles. The number of nitrogens with zero attached hydrogens (tertiary/aromatic N) is 3. The van der Waals surface area contributed by atoms with Crippen molar-refractivity contribution in [3.8, 4) is 0 Å². The van der Waals surface area contributed by atoms with Crippen LogP contribution in [0.2, 0.25) is 0 Å². The molecule has 3 rings (SSSR count). The molecule has 0 radical (unpaired) electrons. The Morgan fingerprint density at radius 3 is 2.48 bits per heavy atom. The zero-order chi connectivity index (χ0) is 23.7. The summed E-state index contributed by atoms with van der Waals surface area (Å²) in [5.41, 5.74) is 1.58. The lowest BCUT2D eigenvalue weighted by Crippen LogP contribution is -2.51. The lowest BCUT2D eigenvalue weighted by molar-refractivity contribution is 0.104. The van der Waals surface area contributed by atoms with E-state index in [4.69, 9.17) is 4.74 Å². The van der Waals surface area contributed by atoms with Gasteiger partial charge in [0.15, 0.2) is 5.78 Å². The third-order valence-corrected chi connectivity index (χ3v) is 6.54. The van der Waals surface area contributed by atoms with Gasteiger partial charge in [-0.05, 0) is 55.6 Å². The van der Waals surface area contributed by atoms with E-state index >= 15 is 0 Å². The first-order chi connectivity index (χ1) is 15.8. The van der Waals surface area contributed by atoms with Crippen molar-refractivity contribution in [1.82, 2.24) is 18.9 Å². The van der Waals surface area contributed by atoms with Crippen LogP contribution in [-0.2, 0) is 14.9 Å². The number of piperazine rings is 1. The second-order valence-corrected chi connectivity index (χ2v) is 9.15. The third-order valence-electron chi connectivity index (χ3n) is 4.93. The number of amides is 1. The third kappa shape index (κ3) is 7.75. The van der Waals surface area contributed by atoms with E-state index in [-0.39, 0.29) is 18.9 Å². The van der Waals surface area contributed by atoms with E-state index in [1.807, 2.05) is 13.1 Å². The normalized spacial score (nSPS) is 15.4. The number of nitrogens with one attached hydrogen (secondary N) is 2. The molecular weight excluding hydrogens is 446 g/mol. The number of hydrogen-bond acceptors (Lipinski definition) is 7. The number of benzene rings is 1. The lowest BCUT2D eigenvalue weighted by Gasteiger charge is -2.31. The maximum atomic E-state index is 12.2. The standard InChI is InChI=1S/C22H27N5O5S/c1-26-13-15-27(16-14-26)33(30,31)24-12-17-32-22(29)25-20-7-5-18(6-8-20)21(28)10-9-19-4-2-3-11-23-19/h2-11,24H,12-17H2,1H3,(H,25,29). The molecule has 2 N–H and O–H groups in total. The van der Waals surface area contributed by atoms with Gasteiger partial charge in [0.25, 0.3) is 10.2 Å². The quantitative estimate of drug-likeness (QED) is 0.322. The highest BCUT2D eigenvalue weighted by Crippen LogP contribution is 2.12. The predicted octanol–water partition coefficient (Wildman–Crippen LogP) is 1.61. The van der Waals surface area contributed by atoms with Gasteiger partial charge in [0, 0.05) is 50.2 Å².